The fourth-order valence-corrected chi connectivity index (χ4v) is 2.72. The lowest BCUT2D eigenvalue weighted by Crippen LogP contribution is -2.42. The lowest BCUT2D eigenvalue weighted by Gasteiger charge is -2.22. The first-order valence-electron chi connectivity index (χ1n) is 7.66. The van der Waals surface area contributed by atoms with E-state index in [-0.39, 0.29) is 11.8 Å². The number of carbonyl (C=O) groups is 2. The highest BCUT2D eigenvalue weighted by Crippen LogP contribution is 2.26. The summed E-state index contributed by atoms with van der Waals surface area (Å²) in [5.41, 5.74) is 0.865. The summed E-state index contributed by atoms with van der Waals surface area (Å²) >= 11 is 0. The quantitative estimate of drug-likeness (QED) is 0.777. The summed E-state index contributed by atoms with van der Waals surface area (Å²) < 4.78 is 0. The van der Waals surface area contributed by atoms with Crippen molar-refractivity contribution in [1.82, 2.24) is 15.5 Å². The number of hydrogen-bond donors (Lipinski definition) is 3. The molecule has 2 amide bonds. The number of nitrogens with zero attached hydrogens (tertiary/aromatic N) is 1. The highest BCUT2D eigenvalue weighted by molar-refractivity contribution is 5.96. The molecule has 3 N–H and O–H groups in total. The Morgan fingerprint density at radius 3 is 2.71 bits per heavy atom. The lowest BCUT2D eigenvalue weighted by molar-refractivity contribution is -0.127. The maximum atomic E-state index is 12.0. The number of nitrogens with one attached hydrogen (secondary N) is 3. The third-order valence-electron chi connectivity index (χ3n) is 4.05. The summed E-state index contributed by atoms with van der Waals surface area (Å²) in [5.74, 6) is 0.780. The molecule has 1 saturated carbocycles. The molecule has 0 spiro atoms. The molecule has 1 unspecified atom stereocenters. The van der Waals surface area contributed by atoms with Gasteiger partial charge in [-0.15, -0.1) is 0 Å². The second kappa shape index (κ2) is 7.24. The smallest absolute Gasteiger partial charge is 0.247 e. The van der Waals surface area contributed by atoms with Crippen LogP contribution in [-0.4, -0.2) is 28.1 Å². The Morgan fingerprint density at radius 1 is 1.38 bits per heavy atom. The van der Waals surface area contributed by atoms with Gasteiger partial charge < -0.3 is 10.6 Å². The van der Waals surface area contributed by atoms with Crippen molar-refractivity contribution in [3.8, 4) is 0 Å². The van der Waals surface area contributed by atoms with E-state index < -0.39 is 6.04 Å². The summed E-state index contributed by atoms with van der Waals surface area (Å²) in [7, 11) is 0. The van der Waals surface area contributed by atoms with Gasteiger partial charge in [-0.3, -0.25) is 14.7 Å². The molecule has 1 fully saturated rings. The number of aromatic nitrogens is 2. The van der Waals surface area contributed by atoms with Crippen LogP contribution in [-0.2, 0) is 9.59 Å². The predicted octanol–water partition coefficient (Wildman–Crippen LogP) is 2.13. The van der Waals surface area contributed by atoms with Gasteiger partial charge in [-0.2, -0.15) is 5.10 Å². The topological polar surface area (TPSA) is 86.9 Å². The average molecular weight is 292 g/mol. The normalized spacial score (nSPS) is 17.2. The molecular formula is C15H24N4O2. The molecule has 0 bridgehead atoms. The van der Waals surface area contributed by atoms with Gasteiger partial charge in [-0.1, -0.05) is 19.3 Å². The molecule has 1 atom stereocenters. The van der Waals surface area contributed by atoms with Crippen LogP contribution in [0.1, 0.15) is 51.0 Å². The van der Waals surface area contributed by atoms with Crippen LogP contribution in [0.15, 0.2) is 6.20 Å². The van der Waals surface area contributed by atoms with Gasteiger partial charge in [0, 0.05) is 12.0 Å². The Hall–Kier alpha value is -1.85. The lowest BCUT2D eigenvalue weighted by atomic mass is 9.87. The number of aryl methyl sites for hydroxylation is 1. The predicted molar refractivity (Wildman–Crippen MR) is 80.8 cm³/mol. The number of hydrogen-bond acceptors (Lipinski definition) is 3. The van der Waals surface area contributed by atoms with Crippen molar-refractivity contribution >= 4 is 17.6 Å². The SMILES string of the molecule is Cc1cn[nH]c1NC(=O)C(C)NC(=O)CC1CCCCC1. The zero-order chi connectivity index (χ0) is 15.2. The molecule has 0 aromatic carbocycles. The van der Waals surface area contributed by atoms with Crippen molar-refractivity contribution in [2.75, 3.05) is 5.32 Å². The monoisotopic (exact) mass is 292 g/mol. The number of aromatic amines is 1. The van der Waals surface area contributed by atoms with E-state index in [1.54, 1.807) is 13.1 Å². The first-order valence-corrected chi connectivity index (χ1v) is 7.66. The number of carbonyl (C=O) groups excluding carboxylic acids is 2. The number of amides is 2. The van der Waals surface area contributed by atoms with Crippen molar-refractivity contribution < 1.29 is 9.59 Å². The van der Waals surface area contributed by atoms with E-state index in [4.69, 9.17) is 0 Å². The summed E-state index contributed by atoms with van der Waals surface area (Å²) in [4.78, 5) is 24.0. The van der Waals surface area contributed by atoms with Crippen molar-refractivity contribution in [2.24, 2.45) is 5.92 Å². The van der Waals surface area contributed by atoms with Crippen LogP contribution in [0.2, 0.25) is 0 Å². The van der Waals surface area contributed by atoms with Crippen LogP contribution in [0.25, 0.3) is 0 Å². The Kier molecular flexibility index (Phi) is 5.36. The first kappa shape index (κ1) is 15.5. The van der Waals surface area contributed by atoms with Crippen molar-refractivity contribution in [3.05, 3.63) is 11.8 Å². The Bertz CT molecular complexity index is 492. The van der Waals surface area contributed by atoms with Crippen molar-refractivity contribution in [1.29, 1.82) is 0 Å². The zero-order valence-electron chi connectivity index (χ0n) is 12.7. The number of rotatable bonds is 5. The first-order chi connectivity index (χ1) is 10.1. The van der Waals surface area contributed by atoms with Gasteiger partial charge in [-0.05, 0) is 32.6 Å². The van der Waals surface area contributed by atoms with Gasteiger partial charge in [0.15, 0.2) is 0 Å². The molecule has 116 valence electrons. The molecule has 1 heterocycles. The fraction of sp³-hybridized carbons (Fsp3) is 0.667. The van der Waals surface area contributed by atoms with E-state index in [0.29, 0.717) is 18.2 Å². The molecule has 0 aliphatic heterocycles. The molecule has 6 nitrogen and oxygen atoms in total. The molecule has 0 radical (unpaired) electrons. The van der Waals surface area contributed by atoms with Crippen LogP contribution < -0.4 is 10.6 Å². The molecule has 2 rings (SSSR count). The highest BCUT2D eigenvalue weighted by atomic mass is 16.2. The maximum absolute atomic E-state index is 12.0. The van der Waals surface area contributed by atoms with E-state index >= 15 is 0 Å². The van der Waals surface area contributed by atoms with Crippen LogP contribution in [0, 0.1) is 12.8 Å². The molecule has 21 heavy (non-hydrogen) atoms. The molecule has 1 aliphatic rings. The van der Waals surface area contributed by atoms with Crippen molar-refractivity contribution in [2.45, 2.75) is 58.4 Å². The van der Waals surface area contributed by atoms with Gasteiger partial charge in [-0.25, -0.2) is 0 Å². The van der Waals surface area contributed by atoms with E-state index in [2.05, 4.69) is 20.8 Å². The average Bonchev–Trinajstić information content (AvgIpc) is 2.85. The van der Waals surface area contributed by atoms with E-state index in [1.807, 2.05) is 6.92 Å². The van der Waals surface area contributed by atoms with Gasteiger partial charge >= 0.3 is 0 Å². The summed E-state index contributed by atoms with van der Waals surface area (Å²) in [5, 5.41) is 12.1. The summed E-state index contributed by atoms with van der Waals surface area (Å²) in [6, 6.07) is -0.552. The molecular weight excluding hydrogens is 268 g/mol. The van der Waals surface area contributed by atoms with Gasteiger partial charge in [0.2, 0.25) is 11.8 Å². The molecule has 0 saturated heterocycles. The standard InChI is InChI=1S/C15H24N4O2/c1-10-9-16-19-14(10)18-15(21)11(2)17-13(20)8-12-6-4-3-5-7-12/h9,11-12H,3-8H2,1-2H3,(H,17,20)(H2,16,18,19,21). The van der Waals surface area contributed by atoms with Gasteiger partial charge in [0.05, 0.1) is 6.20 Å². The maximum Gasteiger partial charge on any atom is 0.247 e. The third-order valence-corrected chi connectivity index (χ3v) is 4.05. The minimum Gasteiger partial charge on any atom is -0.345 e. The van der Waals surface area contributed by atoms with Gasteiger partial charge in [0.25, 0.3) is 0 Å². The Balaban J connectivity index is 1.77. The van der Waals surface area contributed by atoms with Gasteiger partial charge in [0.1, 0.15) is 11.9 Å². The second-order valence-corrected chi connectivity index (χ2v) is 5.91. The van der Waals surface area contributed by atoms with Crippen LogP contribution >= 0.6 is 0 Å². The Labute approximate surface area is 125 Å². The fourth-order valence-electron chi connectivity index (χ4n) is 2.72. The van der Waals surface area contributed by atoms with E-state index in [9.17, 15) is 9.59 Å². The van der Waals surface area contributed by atoms with Crippen LogP contribution in [0.4, 0.5) is 5.82 Å². The highest BCUT2D eigenvalue weighted by Gasteiger charge is 2.21. The van der Waals surface area contributed by atoms with E-state index in [1.165, 1.54) is 19.3 Å². The van der Waals surface area contributed by atoms with E-state index in [0.717, 1.165) is 18.4 Å². The number of H-pyrrole nitrogens is 1. The summed E-state index contributed by atoms with van der Waals surface area (Å²) in [6.45, 7) is 3.55. The number of anilines is 1. The molecule has 6 heteroatoms. The van der Waals surface area contributed by atoms with Crippen LogP contribution in [0.5, 0.6) is 0 Å². The molecule has 1 aromatic rings. The Morgan fingerprint density at radius 2 is 2.10 bits per heavy atom. The van der Waals surface area contributed by atoms with Crippen molar-refractivity contribution in [3.63, 3.8) is 0 Å². The molecule has 1 aromatic heterocycles. The minimum absolute atomic E-state index is 0.0362. The minimum atomic E-state index is -0.552. The zero-order valence-corrected chi connectivity index (χ0v) is 12.7. The largest absolute Gasteiger partial charge is 0.345 e. The summed E-state index contributed by atoms with van der Waals surface area (Å²) in [6.07, 6.45) is 8.13. The third kappa shape index (κ3) is 4.58. The van der Waals surface area contributed by atoms with Crippen LogP contribution in [0.3, 0.4) is 0 Å². The molecule has 1 aliphatic carbocycles. The second-order valence-electron chi connectivity index (χ2n) is 5.91.